The highest BCUT2D eigenvalue weighted by atomic mass is 19.1. The van der Waals surface area contributed by atoms with Gasteiger partial charge in [-0.15, -0.1) is 0 Å². The molecule has 0 atom stereocenters. The second-order valence-electron chi connectivity index (χ2n) is 4.02. The lowest BCUT2D eigenvalue weighted by atomic mass is 10.1. The number of nitrogens with one attached hydrogen (secondary N) is 1. The van der Waals surface area contributed by atoms with E-state index in [2.05, 4.69) is 17.4 Å². The lowest BCUT2D eigenvalue weighted by Gasteiger charge is -2.03. The van der Waals surface area contributed by atoms with E-state index in [9.17, 15) is 8.78 Å². The van der Waals surface area contributed by atoms with E-state index in [-0.39, 0.29) is 0 Å². The second kappa shape index (κ2) is 5.73. The van der Waals surface area contributed by atoms with Crippen LogP contribution in [0, 0.1) is 11.6 Å². The number of nitrogens with zero attached hydrogens (tertiary/aromatic N) is 1. The molecule has 18 heavy (non-hydrogen) atoms. The summed E-state index contributed by atoms with van der Waals surface area (Å²) in [5.74, 6) is -0.861. The Bertz CT molecular complexity index is 505. The molecule has 96 valence electrons. The van der Waals surface area contributed by atoms with Gasteiger partial charge in [-0.3, -0.25) is 0 Å². The van der Waals surface area contributed by atoms with E-state index < -0.39 is 11.6 Å². The summed E-state index contributed by atoms with van der Waals surface area (Å²) >= 11 is 0. The average Bonchev–Trinajstić information content (AvgIpc) is 2.76. The van der Waals surface area contributed by atoms with Crippen LogP contribution in [0.15, 0.2) is 28.9 Å². The number of aromatic nitrogens is 1. The van der Waals surface area contributed by atoms with Crippen LogP contribution < -0.4 is 5.32 Å². The van der Waals surface area contributed by atoms with Gasteiger partial charge in [0, 0.05) is 23.7 Å². The van der Waals surface area contributed by atoms with Crippen LogP contribution in [0.3, 0.4) is 0 Å². The molecule has 0 saturated carbocycles. The van der Waals surface area contributed by atoms with Gasteiger partial charge in [-0.05, 0) is 25.1 Å². The van der Waals surface area contributed by atoms with Crippen LogP contribution in [0.4, 0.5) is 8.78 Å². The topological polar surface area (TPSA) is 38.1 Å². The monoisotopic (exact) mass is 252 g/mol. The zero-order valence-electron chi connectivity index (χ0n) is 10.0. The highest BCUT2D eigenvalue weighted by Crippen LogP contribution is 2.25. The lowest BCUT2D eigenvalue weighted by Crippen LogP contribution is -2.13. The molecule has 3 nitrogen and oxygen atoms in total. The normalized spacial score (nSPS) is 10.8. The van der Waals surface area contributed by atoms with Crippen molar-refractivity contribution in [1.82, 2.24) is 10.5 Å². The van der Waals surface area contributed by atoms with Crippen molar-refractivity contribution < 1.29 is 13.3 Å². The first-order valence-corrected chi connectivity index (χ1v) is 5.81. The predicted molar refractivity (Wildman–Crippen MR) is 63.9 cm³/mol. The van der Waals surface area contributed by atoms with Crippen LogP contribution in [0.5, 0.6) is 0 Å². The van der Waals surface area contributed by atoms with E-state index >= 15 is 0 Å². The van der Waals surface area contributed by atoms with Gasteiger partial charge in [-0.1, -0.05) is 12.1 Å². The van der Waals surface area contributed by atoms with Crippen molar-refractivity contribution in [2.45, 2.75) is 19.9 Å². The van der Waals surface area contributed by atoms with E-state index in [0.29, 0.717) is 17.9 Å². The van der Waals surface area contributed by atoms with Gasteiger partial charge in [-0.2, -0.15) is 0 Å². The highest BCUT2D eigenvalue weighted by Gasteiger charge is 2.12. The minimum Gasteiger partial charge on any atom is -0.356 e. The van der Waals surface area contributed by atoms with Crippen LogP contribution in [0.25, 0.3) is 11.3 Å². The van der Waals surface area contributed by atoms with Crippen LogP contribution >= 0.6 is 0 Å². The third-order valence-corrected chi connectivity index (χ3v) is 2.51. The van der Waals surface area contributed by atoms with E-state index in [1.54, 1.807) is 6.20 Å². The van der Waals surface area contributed by atoms with Crippen molar-refractivity contribution in [2.24, 2.45) is 0 Å². The van der Waals surface area contributed by atoms with E-state index in [1.807, 2.05) is 0 Å². The number of rotatable bonds is 5. The summed E-state index contributed by atoms with van der Waals surface area (Å²) in [7, 11) is 0. The Kier molecular flexibility index (Phi) is 4.04. The number of benzene rings is 1. The maximum atomic E-state index is 13.1. The standard InChI is InChI=1S/C13H14F2N2O/c1-2-3-16-7-10-8-17-18-13(10)9-4-11(14)6-12(15)5-9/h4-6,8,16H,2-3,7H2,1H3. The number of hydrogen-bond donors (Lipinski definition) is 1. The first kappa shape index (κ1) is 12.7. The first-order valence-electron chi connectivity index (χ1n) is 5.81. The molecule has 0 bridgehead atoms. The summed E-state index contributed by atoms with van der Waals surface area (Å²) in [6, 6.07) is 3.29. The maximum Gasteiger partial charge on any atom is 0.171 e. The molecule has 0 spiro atoms. The summed E-state index contributed by atoms with van der Waals surface area (Å²) in [4.78, 5) is 0. The molecule has 0 aliphatic rings. The van der Waals surface area contributed by atoms with Crippen LogP contribution in [0.2, 0.25) is 0 Å². The quantitative estimate of drug-likeness (QED) is 0.831. The summed E-state index contributed by atoms with van der Waals surface area (Å²) in [5, 5.41) is 6.87. The third-order valence-electron chi connectivity index (χ3n) is 2.51. The maximum absolute atomic E-state index is 13.1. The fraction of sp³-hybridized carbons (Fsp3) is 0.308. The van der Waals surface area contributed by atoms with Gasteiger partial charge in [0.1, 0.15) is 11.6 Å². The molecule has 0 fully saturated rings. The minimum atomic E-state index is -0.631. The second-order valence-corrected chi connectivity index (χ2v) is 4.02. The molecule has 0 amide bonds. The van der Waals surface area contributed by atoms with E-state index in [4.69, 9.17) is 4.52 Å². The van der Waals surface area contributed by atoms with Crippen LogP contribution in [0.1, 0.15) is 18.9 Å². The molecule has 2 aromatic rings. The molecule has 1 aromatic heterocycles. The van der Waals surface area contributed by atoms with Crippen molar-refractivity contribution in [3.8, 4) is 11.3 Å². The Labute approximate surface area is 104 Å². The summed E-state index contributed by atoms with van der Waals surface area (Å²) in [6.07, 6.45) is 2.57. The highest BCUT2D eigenvalue weighted by molar-refractivity contribution is 5.60. The minimum absolute atomic E-state index is 0.360. The molecule has 5 heteroatoms. The average molecular weight is 252 g/mol. The van der Waals surface area contributed by atoms with Crippen molar-refractivity contribution in [1.29, 1.82) is 0 Å². The van der Waals surface area contributed by atoms with Gasteiger partial charge in [0.2, 0.25) is 0 Å². The Hall–Kier alpha value is -1.75. The van der Waals surface area contributed by atoms with Crippen molar-refractivity contribution in [3.05, 3.63) is 41.6 Å². The Morgan fingerprint density at radius 1 is 1.22 bits per heavy atom. The largest absolute Gasteiger partial charge is 0.356 e. The molecule has 1 N–H and O–H groups in total. The SMILES string of the molecule is CCCNCc1cnoc1-c1cc(F)cc(F)c1. The van der Waals surface area contributed by atoms with Crippen molar-refractivity contribution in [3.63, 3.8) is 0 Å². The number of halogens is 2. The molecule has 0 aliphatic heterocycles. The number of hydrogen-bond acceptors (Lipinski definition) is 3. The fourth-order valence-corrected chi connectivity index (χ4v) is 1.71. The molecule has 0 aliphatic carbocycles. The van der Waals surface area contributed by atoms with Crippen molar-refractivity contribution in [2.75, 3.05) is 6.54 Å². The van der Waals surface area contributed by atoms with Gasteiger partial charge >= 0.3 is 0 Å². The Balaban J connectivity index is 2.24. The molecular weight excluding hydrogens is 238 g/mol. The molecular formula is C13H14F2N2O. The van der Waals surface area contributed by atoms with Crippen molar-refractivity contribution >= 4 is 0 Å². The van der Waals surface area contributed by atoms with Gasteiger partial charge in [0.15, 0.2) is 5.76 Å². The van der Waals surface area contributed by atoms with Gasteiger partial charge in [0.05, 0.1) is 6.20 Å². The summed E-state index contributed by atoms with van der Waals surface area (Å²) in [6.45, 7) is 3.48. The lowest BCUT2D eigenvalue weighted by molar-refractivity contribution is 0.430. The first-order chi connectivity index (χ1) is 8.70. The van der Waals surface area contributed by atoms with Gasteiger partial charge in [0.25, 0.3) is 0 Å². The van der Waals surface area contributed by atoms with Gasteiger partial charge < -0.3 is 9.84 Å². The molecule has 0 saturated heterocycles. The van der Waals surface area contributed by atoms with E-state index in [0.717, 1.165) is 24.6 Å². The zero-order valence-corrected chi connectivity index (χ0v) is 10.0. The molecule has 1 heterocycles. The molecule has 1 aromatic carbocycles. The van der Waals surface area contributed by atoms with E-state index in [1.165, 1.54) is 12.1 Å². The Morgan fingerprint density at radius 2 is 1.94 bits per heavy atom. The zero-order chi connectivity index (χ0) is 13.0. The molecule has 0 radical (unpaired) electrons. The summed E-state index contributed by atoms with van der Waals surface area (Å²) < 4.78 is 31.3. The van der Waals surface area contributed by atoms with Crippen LogP contribution in [-0.2, 0) is 6.54 Å². The third kappa shape index (κ3) is 2.92. The summed E-state index contributed by atoms with van der Waals surface area (Å²) in [5.41, 5.74) is 1.15. The smallest absolute Gasteiger partial charge is 0.171 e. The molecule has 0 unspecified atom stereocenters. The Morgan fingerprint density at radius 3 is 2.61 bits per heavy atom. The van der Waals surface area contributed by atoms with Gasteiger partial charge in [-0.25, -0.2) is 8.78 Å². The molecule has 2 rings (SSSR count). The van der Waals surface area contributed by atoms with Crippen LogP contribution in [-0.4, -0.2) is 11.7 Å². The predicted octanol–water partition coefficient (Wildman–Crippen LogP) is 3.12. The fourth-order valence-electron chi connectivity index (χ4n) is 1.71.